The average molecular weight is 325 g/mol. The van der Waals surface area contributed by atoms with E-state index in [2.05, 4.69) is 10.5 Å². The number of benzene rings is 1. The van der Waals surface area contributed by atoms with Crippen LogP contribution in [-0.4, -0.2) is 23.8 Å². The van der Waals surface area contributed by atoms with Crippen LogP contribution in [0.25, 0.3) is 0 Å². The molecule has 1 atom stereocenters. The van der Waals surface area contributed by atoms with Crippen LogP contribution in [0.4, 0.5) is 4.39 Å². The van der Waals surface area contributed by atoms with Gasteiger partial charge in [-0.1, -0.05) is 42.1 Å². The zero-order valence-corrected chi connectivity index (χ0v) is 12.9. The van der Waals surface area contributed by atoms with E-state index in [1.165, 1.54) is 18.6 Å². The fourth-order valence-corrected chi connectivity index (χ4v) is 3.25. The number of halogens is 2. The van der Waals surface area contributed by atoms with Gasteiger partial charge in [-0.3, -0.25) is 4.79 Å². The van der Waals surface area contributed by atoms with Crippen molar-refractivity contribution in [2.45, 2.75) is 50.7 Å². The van der Waals surface area contributed by atoms with E-state index < -0.39 is 11.9 Å². The topological polar surface area (TPSA) is 50.7 Å². The molecule has 6 heteroatoms. The van der Waals surface area contributed by atoms with E-state index in [-0.39, 0.29) is 29.0 Å². The molecule has 1 fully saturated rings. The third kappa shape index (κ3) is 3.24. The molecule has 0 radical (unpaired) electrons. The summed E-state index contributed by atoms with van der Waals surface area (Å²) in [6.07, 6.45) is 5.06. The summed E-state index contributed by atoms with van der Waals surface area (Å²) >= 11 is 6.02. The number of oxime groups is 1. The summed E-state index contributed by atoms with van der Waals surface area (Å²) < 4.78 is 13.9. The quantitative estimate of drug-likeness (QED) is 0.926. The van der Waals surface area contributed by atoms with E-state index in [4.69, 9.17) is 16.4 Å². The van der Waals surface area contributed by atoms with Crippen molar-refractivity contribution in [2.75, 3.05) is 0 Å². The minimum absolute atomic E-state index is 0.182. The molecular weight excluding hydrogens is 307 g/mol. The van der Waals surface area contributed by atoms with E-state index in [9.17, 15) is 9.18 Å². The fourth-order valence-electron chi connectivity index (χ4n) is 2.98. The van der Waals surface area contributed by atoms with Crippen LogP contribution < -0.4 is 5.32 Å². The maximum atomic E-state index is 13.9. The molecule has 2 aliphatic rings. The predicted molar refractivity (Wildman–Crippen MR) is 82.5 cm³/mol. The summed E-state index contributed by atoms with van der Waals surface area (Å²) in [7, 11) is 0. The van der Waals surface area contributed by atoms with Crippen molar-refractivity contribution in [3.63, 3.8) is 0 Å². The first-order valence-corrected chi connectivity index (χ1v) is 8.00. The number of hydrogen-bond acceptors (Lipinski definition) is 3. The van der Waals surface area contributed by atoms with Crippen LogP contribution in [0.1, 0.15) is 44.1 Å². The van der Waals surface area contributed by atoms with Gasteiger partial charge in [-0.2, -0.15) is 0 Å². The van der Waals surface area contributed by atoms with E-state index in [1.54, 1.807) is 6.07 Å². The van der Waals surface area contributed by atoms with Crippen molar-refractivity contribution in [3.05, 3.63) is 34.6 Å². The zero-order chi connectivity index (χ0) is 15.5. The molecule has 118 valence electrons. The lowest BCUT2D eigenvalue weighted by molar-refractivity contribution is -0.132. The minimum Gasteiger partial charge on any atom is -0.382 e. The zero-order valence-electron chi connectivity index (χ0n) is 12.1. The molecule has 3 rings (SSSR count). The van der Waals surface area contributed by atoms with Crippen molar-refractivity contribution in [3.8, 4) is 0 Å². The first-order valence-electron chi connectivity index (χ1n) is 7.62. The Hall–Kier alpha value is -1.62. The molecule has 1 amide bonds. The molecule has 0 bridgehead atoms. The number of hydrogen-bond donors (Lipinski definition) is 1. The van der Waals surface area contributed by atoms with Gasteiger partial charge in [0.15, 0.2) is 0 Å². The SMILES string of the molecule is O=C(NC1CCCCC1)[C@@H]1CC(c2c(F)cccc2Cl)=NO1. The molecule has 22 heavy (non-hydrogen) atoms. The standard InChI is InChI=1S/C16H18ClFN2O2/c17-11-7-4-8-12(18)15(11)13-9-14(22-20-13)16(21)19-10-5-2-1-3-6-10/h4,7-8,10,14H,1-3,5-6,9H2,(H,19,21)/t14-/m0/s1. The number of nitrogens with one attached hydrogen (secondary N) is 1. The molecule has 0 spiro atoms. The Kier molecular flexibility index (Phi) is 4.62. The first-order chi connectivity index (χ1) is 10.6. The van der Waals surface area contributed by atoms with Crippen LogP contribution >= 0.6 is 11.6 Å². The Balaban J connectivity index is 1.62. The smallest absolute Gasteiger partial charge is 0.264 e. The van der Waals surface area contributed by atoms with Crippen LogP contribution in [0.2, 0.25) is 5.02 Å². The summed E-state index contributed by atoms with van der Waals surface area (Å²) in [5.74, 6) is -0.638. The fraction of sp³-hybridized carbons (Fsp3) is 0.500. The second kappa shape index (κ2) is 6.65. The van der Waals surface area contributed by atoms with Crippen molar-refractivity contribution >= 4 is 23.2 Å². The monoisotopic (exact) mass is 324 g/mol. The van der Waals surface area contributed by atoms with E-state index in [0.29, 0.717) is 5.71 Å². The van der Waals surface area contributed by atoms with Gasteiger partial charge in [0.05, 0.1) is 16.3 Å². The number of carbonyl (C=O) groups is 1. The number of nitrogens with zero attached hydrogens (tertiary/aromatic N) is 1. The Labute approximate surface area is 133 Å². The summed E-state index contributed by atoms with van der Waals surface area (Å²) in [5, 5.41) is 7.13. The lowest BCUT2D eigenvalue weighted by Gasteiger charge is -2.23. The van der Waals surface area contributed by atoms with Crippen molar-refractivity contribution in [1.29, 1.82) is 0 Å². The van der Waals surface area contributed by atoms with E-state index >= 15 is 0 Å². The Bertz CT molecular complexity index is 580. The summed E-state index contributed by atoms with van der Waals surface area (Å²) in [5.41, 5.74) is 0.601. The van der Waals surface area contributed by atoms with Crippen LogP contribution in [0, 0.1) is 5.82 Å². The molecule has 1 aliphatic heterocycles. The molecule has 1 saturated carbocycles. The molecule has 1 aromatic carbocycles. The molecule has 0 unspecified atom stereocenters. The summed E-state index contributed by atoms with van der Waals surface area (Å²) in [4.78, 5) is 17.4. The Morgan fingerprint density at radius 2 is 2.09 bits per heavy atom. The van der Waals surface area contributed by atoms with Crippen LogP contribution in [0.5, 0.6) is 0 Å². The van der Waals surface area contributed by atoms with E-state index in [0.717, 1.165) is 25.7 Å². The van der Waals surface area contributed by atoms with E-state index in [1.807, 2.05) is 0 Å². The maximum Gasteiger partial charge on any atom is 0.264 e. The van der Waals surface area contributed by atoms with Crippen molar-refractivity contribution in [1.82, 2.24) is 5.32 Å². The lowest BCUT2D eigenvalue weighted by atomic mass is 9.95. The maximum absolute atomic E-state index is 13.9. The van der Waals surface area contributed by atoms with Gasteiger partial charge in [0.1, 0.15) is 5.82 Å². The van der Waals surface area contributed by atoms with Crippen LogP contribution in [0.3, 0.4) is 0 Å². The summed E-state index contributed by atoms with van der Waals surface area (Å²) in [6, 6.07) is 4.66. The normalized spacial score (nSPS) is 22.1. The molecule has 1 aromatic rings. The number of amides is 1. The third-order valence-electron chi connectivity index (χ3n) is 4.16. The first kappa shape index (κ1) is 15.3. The van der Waals surface area contributed by atoms with Gasteiger partial charge in [0.25, 0.3) is 5.91 Å². The van der Waals surface area contributed by atoms with Gasteiger partial charge >= 0.3 is 0 Å². The Morgan fingerprint density at radius 3 is 2.82 bits per heavy atom. The highest BCUT2D eigenvalue weighted by Gasteiger charge is 2.32. The Morgan fingerprint density at radius 1 is 1.32 bits per heavy atom. The molecule has 1 N–H and O–H groups in total. The summed E-state index contributed by atoms with van der Waals surface area (Å²) in [6.45, 7) is 0. The van der Waals surface area contributed by atoms with Gasteiger partial charge in [-0.25, -0.2) is 4.39 Å². The highest BCUT2D eigenvalue weighted by atomic mass is 35.5. The molecule has 4 nitrogen and oxygen atoms in total. The predicted octanol–water partition coefficient (Wildman–Crippen LogP) is 3.42. The third-order valence-corrected chi connectivity index (χ3v) is 4.48. The van der Waals surface area contributed by atoms with Crippen LogP contribution in [-0.2, 0) is 9.63 Å². The largest absolute Gasteiger partial charge is 0.382 e. The molecule has 0 saturated heterocycles. The number of rotatable bonds is 3. The van der Waals surface area contributed by atoms with Gasteiger partial charge in [0.2, 0.25) is 6.10 Å². The molecule has 1 heterocycles. The second-order valence-corrected chi connectivity index (χ2v) is 6.18. The average Bonchev–Trinajstić information content (AvgIpc) is 2.98. The highest BCUT2D eigenvalue weighted by molar-refractivity contribution is 6.34. The van der Waals surface area contributed by atoms with Crippen molar-refractivity contribution in [2.24, 2.45) is 5.16 Å². The van der Waals surface area contributed by atoms with Crippen molar-refractivity contribution < 1.29 is 14.0 Å². The highest BCUT2D eigenvalue weighted by Crippen LogP contribution is 2.26. The minimum atomic E-state index is -0.701. The second-order valence-electron chi connectivity index (χ2n) is 5.78. The van der Waals surface area contributed by atoms with Gasteiger partial charge in [-0.15, -0.1) is 0 Å². The van der Waals surface area contributed by atoms with Gasteiger partial charge in [-0.05, 0) is 25.0 Å². The molecule has 0 aromatic heterocycles. The van der Waals surface area contributed by atoms with Crippen LogP contribution in [0.15, 0.2) is 23.4 Å². The molecule has 1 aliphatic carbocycles. The lowest BCUT2D eigenvalue weighted by Crippen LogP contribution is -2.42. The van der Waals surface area contributed by atoms with Gasteiger partial charge < -0.3 is 10.2 Å². The molecular formula is C16H18ClFN2O2. The van der Waals surface area contributed by atoms with Gasteiger partial charge in [0, 0.05) is 12.5 Å². The number of carbonyl (C=O) groups excluding carboxylic acids is 1.